The number of likely N-dealkylation sites (N-methyl/N-ethyl adjacent to an activating group) is 1. The molecule has 1 aliphatic rings. The van der Waals surface area contributed by atoms with Gasteiger partial charge in [0.25, 0.3) is 0 Å². The van der Waals surface area contributed by atoms with Gasteiger partial charge in [0.05, 0.1) is 6.54 Å². The number of benzene rings is 2. The number of hydrogen-bond acceptors (Lipinski definition) is 3. The normalized spacial score (nSPS) is 16.9. The van der Waals surface area contributed by atoms with E-state index in [4.69, 9.17) is 5.73 Å². The summed E-state index contributed by atoms with van der Waals surface area (Å²) in [6.07, 6.45) is 2.39. The maximum Gasteiger partial charge on any atom is 0.193 e. The van der Waals surface area contributed by atoms with Crippen LogP contribution in [0.25, 0.3) is 0 Å². The smallest absolute Gasteiger partial charge is 0.193 e. The topological polar surface area (TPSA) is 56.9 Å². The van der Waals surface area contributed by atoms with E-state index in [9.17, 15) is 0 Å². The minimum Gasteiger partial charge on any atom is -0.370 e. The predicted octanol–water partition coefficient (Wildman–Crippen LogP) is 4.88. The third-order valence-corrected chi connectivity index (χ3v) is 6.04. The van der Waals surface area contributed by atoms with Crippen molar-refractivity contribution in [3.8, 4) is 0 Å². The molecule has 3 rings (SSSR count). The summed E-state index contributed by atoms with van der Waals surface area (Å²) in [4.78, 5) is 9.46. The van der Waals surface area contributed by atoms with Gasteiger partial charge in [-0.25, -0.2) is 4.99 Å². The molecule has 0 spiro atoms. The van der Waals surface area contributed by atoms with E-state index in [0.29, 0.717) is 18.4 Å². The van der Waals surface area contributed by atoms with Crippen molar-refractivity contribution in [3.05, 3.63) is 65.2 Å². The van der Waals surface area contributed by atoms with Crippen LogP contribution in [0.3, 0.4) is 0 Å². The van der Waals surface area contributed by atoms with Crippen LogP contribution in [0.2, 0.25) is 0 Å². The van der Waals surface area contributed by atoms with Crippen LogP contribution in [-0.4, -0.2) is 49.0 Å². The first-order valence-corrected chi connectivity index (χ1v) is 11.2. The fourth-order valence-electron chi connectivity index (χ4n) is 3.76. The van der Waals surface area contributed by atoms with E-state index in [0.717, 1.165) is 31.7 Å². The first kappa shape index (κ1) is 25.6. The molecule has 0 amide bonds. The van der Waals surface area contributed by atoms with Gasteiger partial charge in [0.2, 0.25) is 0 Å². The lowest BCUT2D eigenvalue weighted by Gasteiger charge is -2.20. The highest BCUT2D eigenvalue weighted by molar-refractivity contribution is 14.0. The zero-order valence-electron chi connectivity index (χ0n) is 19.2. The summed E-state index contributed by atoms with van der Waals surface area (Å²) < 4.78 is 0. The van der Waals surface area contributed by atoms with E-state index in [-0.39, 0.29) is 24.0 Å². The second-order valence-corrected chi connectivity index (χ2v) is 8.51. The number of hydrogen-bond donors (Lipinski definition) is 2. The predicted molar refractivity (Wildman–Crippen MR) is 143 cm³/mol. The van der Waals surface area contributed by atoms with Gasteiger partial charge in [-0.15, -0.1) is 24.0 Å². The van der Waals surface area contributed by atoms with E-state index in [1.54, 1.807) is 0 Å². The lowest BCUT2D eigenvalue weighted by molar-refractivity contribution is 0.269. The fraction of sp³-hybridized carbons (Fsp3) is 0.480. The molecule has 3 N–H and O–H groups in total. The average Bonchev–Trinajstić information content (AvgIpc) is 2.97. The van der Waals surface area contributed by atoms with E-state index in [1.807, 2.05) is 0 Å². The van der Waals surface area contributed by atoms with Crippen LogP contribution in [0.1, 0.15) is 49.3 Å². The van der Waals surface area contributed by atoms with Crippen molar-refractivity contribution < 1.29 is 0 Å². The summed E-state index contributed by atoms with van der Waals surface area (Å²) in [7, 11) is 2.21. The third-order valence-electron chi connectivity index (χ3n) is 6.04. The summed E-state index contributed by atoms with van der Waals surface area (Å²) in [5, 5.41) is 3.19. The zero-order chi connectivity index (χ0) is 21.3. The van der Waals surface area contributed by atoms with Gasteiger partial charge in [-0.05, 0) is 67.7 Å². The van der Waals surface area contributed by atoms with Crippen LogP contribution < -0.4 is 11.1 Å². The van der Waals surface area contributed by atoms with Crippen LogP contribution >= 0.6 is 24.0 Å². The minimum atomic E-state index is 0. The number of nitrogens with two attached hydrogens (primary N) is 1. The number of rotatable bonds is 7. The molecule has 2 aromatic carbocycles. The summed E-state index contributed by atoms with van der Waals surface area (Å²) >= 11 is 0. The minimum absolute atomic E-state index is 0. The molecule has 0 radical (unpaired) electrons. The van der Waals surface area contributed by atoms with Crippen LogP contribution in [0.4, 0.5) is 5.69 Å². The Morgan fingerprint density at radius 2 is 1.68 bits per heavy atom. The van der Waals surface area contributed by atoms with Gasteiger partial charge in [0.15, 0.2) is 5.96 Å². The van der Waals surface area contributed by atoms with Crippen molar-refractivity contribution in [2.75, 3.05) is 38.5 Å². The van der Waals surface area contributed by atoms with Gasteiger partial charge in [-0.1, -0.05) is 50.2 Å². The zero-order valence-corrected chi connectivity index (χ0v) is 21.5. The van der Waals surface area contributed by atoms with E-state index in [2.05, 4.69) is 89.5 Å². The average molecular weight is 536 g/mol. The van der Waals surface area contributed by atoms with E-state index >= 15 is 0 Å². The maximum atomic E-state index is 6.09. The van der Waals surface area contributed by atoms with Gasteiger partial charge in [-0.2, -0.15) is 0 Å². The first-order valence-electron chi connectivity index (χ1n) is 11.2. The molecule has 1 heterocycles. The number of nitrogens with zero attached hydrogens (tertiary/aromatic N) is 3. The van der Waals surface area contributed by atoms with Crippen molar-refractivity contribution in [1.29, 1.82) is 0 Å². The Morgan fingerprint density at radius 3 is 2.35 bits per heavy atom. The quantitative estimate of drug-likeness (QED) is 0.302. The second kappa shape index (κ2) is 13.0. The fourth-order valence-corrected chi connectivity index (χ4v) is 3.76. The Morgan fingerprint density at radius 1 is 1.00 bits per heavy atom. The van der Waals surface area contributed by atoms with Crippen LogP contribution in [0.5, 0.6) is 0 Å². The molecule has 1 unspecified atom stereocenters. The monoisotopic (exact) mass is 535 g/mol. The molecule has 1 fully saturated rings. The molecule has 31 heavy (non-hydrogen) atoms. The first-order chi connectivity index (χ1) is 14.5. The van der Waals surface area contributed by atoms with Gasteiger partial charge < -0.3 is 16.0 Å². The van der Waals surface area contributed by atoms with Crippen LogP contribution in [0, 0.1) is 0 Å². The largest absolute Gasteiger partial charge is 0.370 e. The third kappa shape index (κ3) is 8.43. The van der Waals surface area contributed by atoms with Crippen molar-refractivity contribution in [3.63, 3.8) is 0 Å². The molecule has 1 aliphatic heterocycles. The molecule has 0 bridgehead atoms. The molecule has 5 nitrogen and oxygen atoms in total. The number of guanidine groups is 1. The lowest BCUT2D eigenvalue weighted by Crippen LogP contribution is -2.28. The molecular weight excluding hydrogens is 497 g/mol. The highest BCUT2D eigenvalue weighted by atomic mass is 127. The highest BCUT2D eigenvalue weighted by Gasteiger charge is 2.12. The van der Waals surface area contributed by atoms with Gasteiger partial charge in [0.1, 0.15) is 0 Å². The molecule has 1 saturated heterocycles. The SMILES string of the molecule is CCC(C)c1ccc(NC(N)=NCc2ccc(CN3CCCN(C)CC3)cc2)cc1.I. The van der Waals surface area contributed by atoms with Gasteiger partial charge in [-0.3, -0.25) is 4.90 Å². The van der Waals surface area contributed by atoms with Crippen molar-refractivity contribution in [2.45, 2.75) is 45.7 Å². The van der Waals surface area contributed by atoms with E-state index in [1.165, 1.54) is 36.2 Å². The number of halogens is 1. The Labute approximate surface area is 205 Å². The Hall–Kier alpha value is -1.64. The van der Waals surface area contributed by atoms with E-state index < -0.39 is 0 Å². The summed E-state index contributed by atoms with van der Waals surface area (Å²) in [6, 6.07) is 17.2. The Balaban J connectivity index is 0.00000341. The maximum absolute atomic E-state index is 6.09. The Bertz CT molecular complexity index is 804. The molecule has 0 aliphatic carbocycles. The summed E-state index contributed by atoms with van der Waals surface area (Å²) in [5.41, 5.74) is 10.9. The highest BCUT2D eigenvalue weighted by Crippen LogP contribution is 2.20. The standard InChI is InChI=1S/C25H37N5.HI/c1-4-20(2)23-10-12-24(13-11-23)28-25(26)27-18-21-6-8-22(9-7-21)19-30-15-5-14-29(3)16-17-30;/h6-13,20H,4-5,14-19H2,1-3H3,(H3,26,27,28);1H. The molecule has 1 atom stereocenters. The molecule has 0 saturated carbocycles. The number of anilines is 1. The van der Waals surface area contributed by atoms with Crippen molar-refractivity contribution in [2.24, 2.45) is 10.7 Å². The van der Waals surface area contributed by atoms with Crippen LogP contribution in [0.15, 0.2) is 53.5 Å². The molecule has 2 aromatic rings. The van der Waals surface area contributed by atoms with Gasteiger partial charge >= 0.3 is 0 Å². The van der Waals surface area contributed by atoms with Crippen LogP contribution in [-0.2, 0) is 13.1 Å². The van der Waals surface area contributed by atoms with Crippen molar-refractivity contribution in [1.82, 2.24) is 9.80 Å². The Kier molecular flexibility index (Phi) is 10.8. The summed E-state index contributed by atoms with van der Waals surface area (Å²) in [5.74, 6) is 1.03. The molecule has 170 valence electrons. The number of nitrogens with one attached hydrogen (secondary N) is 1. The van der Waals surface area contributed by atoms with Crippen molar-refractivity contribution >= 4 is 35.6 Å². The molecule has 0 aromatic heterocycles. The molecule has 6 heteroatoms. The number of aliphatic imine (C=N–C) groups is 1. The molecular formula is C25H38IN5. The van der Waals surface area contributed by atoms with Gasteiger partial charge in [0, 0.05) is 25.3 Å². The summed E-state index contributed by atoms with van der Waals surface area (Å²) in [6.45, 7) is 10.7. The second-order valence-electron chi connectivity index (χ2n) is 8.51. The lowest BCUT2D eigenvalue weighted by atomic mass is 9.99.